The van der Waals surface area contributed by atoms with E-state index in [-0.39, 0.29) is 18.4 Å². The predicted octanol–water partition coefficient (Wildman–Crippen LogP) is 7.84. The van der Waals surface area contributed by atoms with E-state index in [4.69, 9.17) is 9.47 Å². The lowest BCUT2D eigenvalue weighted by Crippen LogP contribution is -1.98. The molecule has 1 aliphatic rings. The van der Waals surface area contributed by atoms with E-state index in [0.29, 0.717) is 47.2 Å². The van der Waals surface area contributed by atoms with E-state index in [2.05, 4.69) is 71.5 Å². The van der Waals surface area contributed by atoms with Crippen molar-refractivity contribution in [3.8, 4) is 46.3 Å². The van der Waals surface area contributed by atoms with E-state index >= 15 is 0 Å². The van der Waals surface area contributed by atoms with Crippen LogP contribution in [-0.4, -0.2) is 18.4 Å². The number of Topliss-reactive ketones (excluding diaryl/α,β-unsaturated/α-hetero) is 2. The first-order valence-electron chi connectivity index (χ1n) is 11.3. The monoisotopic (exact) mass is 688 g/mol. The Bertz CT molecular complexity index is 1720. The molecule has 184 valence electrons. The van der Waals surface area contributed by atoms with Crippen molar-refractivity contribution in [3.63, 3.8) is 0 Å². The molecule has 0 radical (unpaired) electrons. The smallest absolute Gasteiger partial charge is 0.238 e. The maximum Gasteiger partial charge on any atom is 0.238 e. The molecule has 0 bridgehead atoms. The van der Waals surface area contributed by atoms with Gasteiger partial charge in [-0.25, -0.2) is 0 Å². The van der Waals surface area contributed by atoms with Crippen molar-refractivity contribution in [2.45, 2.75) is 0 Å². The van der Waals surface area contributed by atoms with E-state index in [9.17, 15) is 9.59 Å². The summed E-state index contributed by atoms with van der Waals surface area (Å²) < 4.78 is 12.7. The third kappa shape index (κ3) is 5.76. The summed E-state index contributed by atoms with van der Waals surface area (Å²) in [5, 5.41) is 0. The van der Waals surface area contributed by atoms with Crippen LogP contribution in [0, 0.1) is 23.7 Å². The van der Waals surface area contributed by atoms with E-state index in [0.717, 1.165) is 11.1 Å². The highest BCUT2D eigenvalue weighted by atomic mass is 79.9. The maximum absolute atomic E-state index is 12.8. The second-order valence-corrected chi connectivity index (χ2v) is 10.7. The molecule has 0 fully saturated rings. The maximum atomic E-state index is 12.8. The lowest BCUT2D eigenvalue weighted by molar-refractivity contribution is 0.104. The first-order valence-corrected chi connectivity index (χ1v) is 13.6. The van der Waals surface area contributed by atoms with Gasteiger partial charge in [-0.2, -0.15) is 0 Å². The molecule has 1 aliphatic heterocycles. The number of ketones is 2. The predicted molar refractivity (Wildman–Crippen MR) is 156 cm³/mol. The number of ether oxygens (including phenoxy) is 2. The summed E-state index contributed by atoms with van der Waals surface area (Å²) >= 11 is 10.2. The summed E-state index contributed by atoms with van der Waals surface area (Å²) in [5.74, 6) is 11.9. The van der Waals surface area contributed by atoms with Gasteiger partial charge in [0, 0.05) is 30.1 Å². The Hall–Kier alpha value is -3.62. The van der Waals surface area contributed by atoms with Crippen LogP contribution < -0.4 is 9.47 Å². The molecule has 0 N–H and O–H groups in total. The Morgan fingerprint density at radius 3 is 1.76 bits per heavy atom. The average molecular weight is 691 g/mol. The van der Waals surface area contributed by atoms with Crippen molar-refractivity contribution in [1.29, 1.82) is 0 Å². The van der Waals surface area contributed by atoms with E-state index < -0.39 is 0 Å². The summed E-state index contributed by atoms with van der Waals surface area (Å²) in [7, 11) is 0. The number of hydrogen-bond donors (Lipinski definition) is 0. The molecule has 0 aliphatic carbocycles. The number of rotatable bonds is 3. The van der Waals surface area contributed by atoms with Crippen molar-refractivity contribution < 1.29 is 19.1 Å². The Labute approximate surface area is 244 Å². The SMILES string of the molecule is O=C(C#Cc1cccc(-c2cccc(C#CC(=O)c3c(Br)cccc3Br)c2)c1)c1cc2c(cc1Br)OCO2. The highest BCUT2D eigenvalue weighted by molar-refractivity contribution is 9.11. The van der Waals surface area contributed by atoms with Crippen molar-refractivity contribution in [2.24, 2.45) is 0 Å². The molecule has 4 aromatic carbocycles. The van der Waals surface area contributed by atoms with Crippen LogP contribution in [0.4, 0.5) is 0 Å². The molecule has 0 aromatic heterocycles. The molecule has 0 unspecified atom stereocenters. The molecule has 0 atom stereocenters. The van der Waals surface area contributed by atoms with Gasteiger partial charge in [-0.15, -0.1) is 0 Å². The molecule has 0 saturated heterocycles. The lowest BCUT2D eigenvalue weighted by atomic mass is 10.0. The molecule has 0 amide bonds. The van der Waals surface area contributed by atoms with E-state index in [1.807, 2.05) is 54.6 Å². The Kier molecular flexibility index (Phi) is 7.81. The van der Waals surface area contributed by atoms with Gasteiger partial charge in [0.15, 0.2) is 11.5 Å². The minimum absolute atomic E-state index is 0.129. The van der Waals surface area contributed by atoms with Crippen LogP contribution in [0.2, 0.25) is 0 Å². The Balaban J connectivity index is 1.37. The van der Waals surface area contributed by atoms with Crippen LogP contribution in [0.25, 0.3) is 11.1 Å². The van der Waals surface area contributed by atoms with Crippen LogP contribution in [0.1, 0.15) is 31.8 Å². The van der Waals surface area contributed by atoms with Gasteiger partial charge >= 0.3 is 0 Å². The molecular weight excluding hydrogens is 676 g/mol. The molecule has 0 saturated carbocycles. The molecule has 7 heteroatoms. The van der Waals surface area contributed by atoms with Crippen LogP contribution in [0.15, 0.2) is 92.3 Å². The average Bonchev–Trinajstić information content (AvgIpc) is 3.37. The Morgan fingerprint density at radius 1 is 0.632 bits per heavy atom. The number of hydrogen-bond acceptors (Lipinski definition) is 4. The fourth-order valence-electron chi connectivity index (χ4n) is 3.75. The van der Waals surface area contributed by atoms with Crippen molar-refractivity contribution >= 4 is 59.4 Å². The van der Waals surface area contributed by atoms with Gasteiger partial charge in [0.1, 0.15) is 0 Å². The highest BCUT2D eigenvalue weighted by Gasteiger charge is 2.19. The second kappa shape index (κ2) is 11.4. The molecular formula is C31H15Br3O4. The van der Waals surface area contributed by atoms with Crippen molar-refractivity contribution in [3.05, 3.63) is 115 Å². The van der Waals surface area contributed by atoms with Crippen LogP contribution in [0.3, 0.4) is 0 Å². The topological polar surface area (TPSA) is 52.6 Å². The van der Waals surface area contributed by atoms with E-state index in [1.54, 1.807) is 24.3 Å². The minimum Gasteiger partial charge on any atom is -0.454 e. The molecule has 0 spiro atoms. The normalized spacial score (nSPS) is 11.1. The zero-order valence-corrected chi connectivity index (χ0v) is 24.2. The zero-order chi connectivity index (χ0) is 26.6. The number of halogens is 3. The molecule has 4 aromatic rings. The zero-order valence-electron chi connectivity index (χ0n) is 19.5. The van der Waals surface area contributed by atoms with Gasteiger partial charge in [-0.3, -0.25) is 9.59 Å². The fraction of sp³-hybridized carbons (Fsp3) is 0.0323. The number of benzene rings is 4. The van der Waals surface area contributed by atoms with Crippen LogP contribution >= 0.6 is 47.8 Å². The van der Waals surface area contributed by atoms with E-state index in [1.165, 1.54) is 0 Å². The van der Waals surface area contributed by atoms with Gasteiger partial charge in [-0.05, 0) is 119 Å². The first kappa shape index (κ1) is 26.0. The summed E-state index contributed by atoms with van der Waals surface area (Å²) in [6.07, 6.45) is 0. The first-order chi connectivity index (χ1) is 18.4. The van der Waals surface area contributed by atoms with Crippen LogP contribution in [0.5, 0.6) is 11.5 Å². The van der Waals surface area contributed by atoms with Crippen LogP contribution in [-0.2, 0) is 0 Å². The van der Waals surface area contributed by atoms with Gasteiger partial charge < -0.3 is 9.47 Å². The third-order valence-corrected chi connectivity index (χ3v) is 7.57. The fourth-order valence-corrected chi connectivity index (χ4v) is 5.61. The minimum atomic E-state index is -0.334. The number of fused-ring (bicyclic) bond motifs is 1. The molecule has 5 rings (SSSR count). The summed E-state index contributed by atoms with van der Waals surface area (Å²) in [6, 6.07) is 24.0. The molecule has 1 heterocycles. The summed E-state index contributed by atoms with van der Waals surface area (Å²) in [4.78, 5) is 25.4. The van der Waals surface area contributed by atoms with Gasteiger partial charge in [0.25, 0.3) is 0 Å². The lowest BCUT2D eigenvalue weighted by Gasteiger charge is -2.04. The number of carbonyl (C=O) groups excluding carboxylic acids is 2. The van der Waals surface area contributed by atoms with Gasteiger partial charge in [-0.1, -0.05) is 42.2 Å². The van der Waals surface area contributed by atoms with Gasteiger partial charge in [0.2, 0.25) is 18.4 Å². The highest BCUT2D eigenvalue weighted by Crippen LogP contribution is 2.37. The third-order valence-electron chi connectivity index (χ3n) is 5.60. The molecule has 38 heavy (non-hydrogen) atoms. The van der Waals surface area contributed by atoms with Crippen molar-refractivity contribution in [2.75, 3.05) is 6.79 Å². The quantitative estimate of drug-likeness (QED) is 0.162. The number of carbonyl (C=O) groups is 2. The largest absolute Gasteiger partial charge is 0.454 e. The second-order valence-electron chi connectivity index (χ2n) is 8.10. The molecule has 4 nitrogen and oxygen atoms in total. The van der Waals surface area contributed by atoms with Crippen molar-refractivity contribution in [1.82, 2.24) is 0 Å². The summed E-state index contributed by atoms with van der Waals surface area (Å²) in [5.41, 5.74) is 4.13. The summed E-state index contributed by atoms with van der Waals surface area (Å²) in [6.45, 7) is 0.129. The standard InChI is InChI=1S/C31H15Br3O4/c32-24-8-3-9-25(33)31(24)28(36)13-11-20-5-2-7-22(15-20)21-6-1-4-19(14-21)10-12-27(35)23-16-29-30(17-26(23)34)38-18-37-29/h1-9,14-17H,18H2. The van der Waals surface area contributed by atoms with Gasteiger partial charge in [0.05, 0.1) is 5.56 Å². The Morgan fingerprint density at radius 2 is 1.16 bits per heavy atom.